The summed E-state index contributed by atoms with van der Waals surface area (Å²) in [6.07, 6.45) is 3.04. The number of benzene rings is 1. The largest absolute Gasteiger partial charge is 0.342 e. The summed E-state index contributed by atoms with van der Waals surface area (Å²) in [6.45, 7) is 0.350. The van der Waals surface area contributed by atoms with E-state index in [0.717, 1.165) is 30.1 Å². The Morgan fingerprint density at radius 2 is 1.56 bits per heavy atom. The molecule has 1 aliphatic rings. The average Bonchev–Trinajstić information content (AvgIpc) is 3.26. The minimum Gasteiger partial charge on any atom is -0.342 e. The Hall–Kier alpha value is -2.21. The lowest BCUT2D eigenvalue weighted by atomic mass is 10.2. The molecule has 0 saturated carbocycles. The van der Waals surface area contributed by atoms with E-state index >= 15 is 0 Å². The molecule has 1 aliphatic heterocycles. The van der Waals surface area contributed by atoms with Gasteiger partial charge < -0.3 is 9.47 Å². The van der Waals surface area contributed by atoms with Crippen LogP contribution in [0.3, 0.4) is 0 Å². The molecule has 1 aromatic carbocycles. The van der Waals surface area contributed by atoms with Gasteiger partial charge in [0, 0.05) is 24.6 Å². The van der Waals surface area contributed by atoms with Crippen molar-refractivity contribution in [1.29, 1.82) is 0 Å². The first kappa shape index (κ1) is 19.5. The van der Waals surface area contributed by atoms with Crippen LogP contribution in [0.1, 0.15) is 5.56 Å². The van der Waals surface area contributed by atoms with E-state index in [1.165, 1.54) is 18.7 Å². The quantitative estimate of drug-likeness (QED) is 0.687. The molecule has 1 amide bonds. The van der Waals surface area contributed by atoms with E-state index in [1.807, 2.05) is 24.3 Å². The van der Waals surface area contributed by atoms with E-state index in [0.29, 0.717) is 6.54 Å². The highest BCUT2D eigenvalue weighted by Crippen LogP contribution is 2.28. The Kier molecular flexibility index (Phi) is 5.12. The van der Waals surface area contributed by atoms with Gasteiger partial charge in [-0.2, -0.15) is 0 Å². The topological polar surface area (TPSA) is 118 Å². The molecule has 11 heteroatoms. The van der Waals surface area contributed by atoms with E-state index in [-0.39, 0.29) is 12.5 Å². The van der Waals surface area contributed by atoms with E-state index in [1.54, 1.807) is 4.90 Å². The third-order valence-electron chi connectivity index (χ3n) is 4.43. The molecular weight excluding hydrogens is 392 g/mol. The number of nitrogens with one attached hydrogen (secondary N) is 2. The number of anilines is 1. The summed E-state index contributed by atoms with van der Waals surface area (Å²) >= 11 is 0. The Labute approximate surface area is 158 Å². The zero-order valence-corrected chi connectivity index (χ0v) is 16.5. The standard InChI is InChI=1S/C16H20N4O5S2/c1-17-26(22,23)14-9-19(10-15(14)27(24,25)18-2)11-16(21)20-8-7-12-5-3-4-6-13(12)20/h3-6,9-10,17-18H,7-8,11H2,1-2H3. The van der Waals surface area contributed by atoms with Gasteiger partial charge in [-0.15, -0.1) is 0 Å². The summed E-state index contributed by atoms with van der Waals surface area (Å²) in [5.41, 5.74) is 1.89. The van der Waals surface area contributed by atoms with Crippen LogP contribution < -0.4 is 14.3 Å². The Balaban J connectivity index is 1.95. The number of carbonyl (C=O) groups excluding carboxylic acids is 1. The van der Waals surface area contributed by atoms with Crippen molar-refractivity contribution in [3.8, 4) is 0 Å². The van der Waals surface area contributed by atoms with E-state index in [4.69, 9.17) is 0 Å². The maximum atomic E-state index is 12.7. The number of aromatic nitrogens is 1. The van der Waals surface area contributed by atoms with Crippen LogP contribution in [0.15, 0.2) is 46.5 Å². The number of sulfonamides is 2. The molecule has 27 heavy (non-hydrogen) atoms. The molecule has 0 aliphatic carbocycles. The van der Waals surface area contributed by atoms with Crippen LogP contribution >= 0.6 is 0 Å². The second-order valence-electron chi connectivity index (χ2n) is 6.00. The van der Waals surface area contributed by atoms with Gasteiger partial charge in [0.2, 0.25) is 26.0 Å². The summed E-state index contributed by atoms with van der Waals surface area (Å²) in [7, 11) is -5.66. The van der Waals surface area contributed by atoms with Crippen molar-refractivity contribution in [2.24, 2.45) is 0 Å². The highest BCUT2D eigenvalue weighted by atomic mass is 32.2. The van der Waals surface area contributed by atoms with Gasteiger partial charge in [-0.1, -0.05) is 18.2 Å². The first-order valence-electron chi connectivity index (χ1n) is 8.15. The Morgan fingerprint density at radius 1 is 1.00 bits per heavy atom. The molecule has 0 bridgehead atoms. The van der Waals surface area contributed by atoms with Gasteiger partial charge in [-0.05, 0) is 32.1 Å². The number of para-hydroxylation sites is 1. The summed E-state index contributed by atoms with van der Waals surface area (Å²) in [5, 5.41) is 0. The fourth-order valence-corrected chi connectivity index (χ4v) is 5.30. The maximum Gasteiger partial charge on any atom is 0.246 e. The smallest absolute Gasteiger partial charge is 0.246 e. The third-order valence-corrected chi connectivity index (χ3v) is 7.44. The van der Waals surface area contributed by atoms with E-state index in [9.17, 15) is 21.6 Å². The SMILES string of the molecule is CNS(=O)(=O)c1cn(CC(=O)N2CCc3ccccc32)cc1S(=O)(=O)NC. The molecule has 2 N–H and O–H groups in total. The summed E-state index contributed by atoms with van der Waals surface area (Å²) in [4.78, 5) is 13.5. The minimum absolute atomic E-state index is 0.181. The van der Waals surface area contributed by atoms with Gasteiger partial charge >= 0.3 is 0 Å². The normalized spacial score (nSPS) is 14.4. The van der Waals surface area contributed by atoms with Gasteiger partial charge in [0.05, 0.1) is 0 Å². The molecular formula is C16H20N4O5S2. The average molecular weight is 412 g/mol. The molecule has 0 spiro atoms. The highest BCUT2D eigenvalue weighted by Gasteiger charge is 2.29. The van der Waals surface area contributed by atoms with Crippen LogP contribution in [-0.4, -0.2) is 47.9 Å². The van der Waals surface area contributed by atoms with E-state index < -0.39 is 29.8 Å². The van der Waals surface area contributed by atoms with E-state index in [2.05, 4.69) is 9.44 Å². The fourth-order valence-electron chi connectivity index (χ4n) is 3.02. The lowest BCUT2D eigenvalue weighted by molar-refractivity contribution is -0.119. The number of hydrogen-bond acceptors (Lipinski definition) is 5. The minimum atomic E-state index is -4.02. The predicted octanol–water partition coefficient (Wildman–Crippen LogP) is -0.106. The maximum absolute atomic E-state index is 12.7. The molecule has 1 aromatic heterocycles. The molecule has 0 fully saturated rings. The van der Waals surface area contributed by atoms with Crippen molar-refractivity contribution < 1.29 is 21.6 Å². The van der Waals surface area contributed by atoms with Crippen LogP contribution in [0.4, 0.5) is 5.69 Å². The van der Waals surface area contributed by atoms with Crippen LogP contribution in [0.25, 0.3) is 0 Å². The molecule has 146 valence electrons. The lowest BCUT2D eigenvalue weighted by Crippen LogP contribution is -2.32. The zero-order chi connectivity index (χ0) is 19.8. The van der Waals surface area contributed by atoms with Crippen LogP contribution in [-0.2, 0) is 37.8 Å². The zero-order valence-electron chi connectivity index (χ0n) is 14.8. The lowest BCUT2D eigenvalue weighted by Gasteiger charge is -2.17. The van der Waals surface area contributed by atoms with Crippen molar-refractivity contribution in [3.05, 3.63) is 42.2 Å². The summed E-state index contributed by atoms with van der Waals surface area (Å²) in [6, 6.07) is 7.55. The van der Waals surface area contributed by atoms with Crippen LogP contribution in [0, 0.1) is 0 Å². The molecule has 9 nitrogen and oxygen atoms in total. The third kappa shape index (κ3) is 3.63. The molecule has 0 radical (unpaired) electrons. The summed E-state index contributed by atoms with van der Waals surface area (Å²) in [5.74, 6) is -0.253. The fraction of sp³-hybridized carbons (Fsp3) is 0.312. The summed E-state index contributed by atoms with van der Waals surface area (Å²) < 4.78 is 54.2. The second kappa shape index (κ2) is 7.08. The Bertz CT molecular complexity index is 1040. The molecule has 3 rings (SSSR count). The van der Waals surface area contributed by atoms with Gasteiger partial charge in [0.15, 0.2) is 0 Å². The van der Waals surface area contributed by atoms with Crippen molar-refractivity contribution in [1.82, 2.24) is 14.0 Å². The van der Waals surface area contributed by atoms with Gasteiger partial charge in [0.25, 0.3) is 0 Å². The van der Waals surface area contributed by atoms with Crippen molar-refractivity contribution >= 4 is 31.6 Å². The highest BCUT2D eigenvalue weighted by molar-refractivity contribution is 7.92. The molecule has 0 atom stereocenters. The number of hydrogen-bond donors (Lipinski definition) is 2. The number of fused-ring (bicyclic) bond motifs is 1. The number of rotatable bonds is 6. The van der Waals surface area contributed by atoms with Gasteiger partial charge in [0.1, 0.15) is 16.3 Å². The molecule has 2 heterocycles. The van der Waals surface area contributed by atoms with Crippen LogP contribution in [0.2, 0.25) is 0 Å². The second-order valence-corrected chi connectivity index (χ2v) is 9.71. The van der Waals surface area contributed by atoms with Crippen LogP contribution in [0.5, 0.6) is 0 Å². The number of amides is 1. The van der Waals surface area contributed by atoms with Crippen molar-refractivity contribution in [2.45, 2.75) is 22.8 Å². The molecule has 0 saturated heterocycles. The van der Waals surface area contributed by atoms with Crippen molar-refractivity contribution in [3.63, 3.8) is 0 Å². The molecule has 0 unspecified atom stereocenters. The van der Waals surface area contributed by atoms with Crippen molar-refractivity contribution in [2.75, 3.05) is 25.5 Å². The first-order chi connectivity index (χ1) is 12.7. The van der Waals surface area contributed by atoms with Gasteiger partial charge in [-0.25, -0.2) is 26.3 Å². The predicted molar refractivity (Wildman–Crippen MR) is 99.4 cm³/mol. The Morgan fingerprint density at radius 3 is 2.11 bits per heavy atom. The van der Waals surface area contributed by atoms with Gasteiger partial charge in [-0.3, -0.25) is 4.79 Å². The first-order valence-corrected chi connectivity index (χ1v) is 11.1. The monoisotopic (exact) mass is 412 g/mol. The number of carbonyl (C=O) groups is 1. The number of nitrogens with zero attached hydrogens (tertiary/aromatic N) is 2. The molecule has 2 aromatic rings.